The summed E-state index contributed by atoms with van der Waals surface area (Å²) in [5, 5.41) is 0. The van der Waals surface area contributed by atoms with Crippen LogP contribution in [0.4, 0.5) is 13.2 Å². The highest BCUT2D eigenvalue weighted by Crippen LogP contribution is 2.33. The third-order valence-corrected chi connectivity index (χ3v) is 2.01. The Kier molecular flexibility index (Phi) is 3.71. The van der Waals surface area contributed by atoms with Crippen molar-refractivity contribution in [2.24, 2.45) is 5.73 Å². The van der Waals surface area contributed by atoms with Gasteiger partial charge < -0.3 is 10.5 Å². The Bertz CT molecular complexity index is 325. The van der Waals surface area contributed by atoms with Gasteiger partial charge in [-0.1, -0.05) is 18.2 Å². The first-order valence-electron chi connectivity index (χ1n) is 4.37. The van der Waals surface area contributed by atoms with Gasteiger partial charge in [-0.3, -0.25) is 0 Å². The summed E-state index contributed by atoms with van der Waals surface area (Å²) in [5.41, 5.74) is 4.94. The molecule has 0 heterocycles. The Balaban J connectivity index is 3.06. The largest absolute Gasteiger partial charge is 0.416 e. The molecule has 0 aromatic heterocycles. The topological polar surface area (TPSA) is 35.2 Å². The van der Waals surface area contributed by atoms with E-state index in [1.807, 2.05) is 0 Å². The van der Waals surface area contributed by atoms with Crippen LogP contribution in [-0.4, -0.2) is 13.7 Å². The first kappa shape index (κ1) is 12.0. The molecule has 0 saturated heterocycles. The normalized spacial score (nSPS) is 13.9. The highest BCUT2D eigenvalue weighted by atomic mass is 19.4. The maximum absolute atomic E-state index is 12.6. The fourth-order valence-electron chi connectivity index (χ4n) is 1.35. The monoisotopic (exact) mass is 219 g/mol. The van der Waals surface area contributed by atoms with Gasteiger partial charge in [-0.15, -0.1) is 0 Å². The Labute approximate surface area is 85.8 Å². The van der Waals surface area contributed by atoms with Crippen molar-refractivity contribution in [3.8, 4) is 0 Å². The third kappa shape index (κ3) is 2.94. The Morgan fingerprint density at radius 1 is 1.33 bits per heavy atom. The van der Waals surface area contributed by atoms with Crippen LogP contribution in [0.5, 0.6) is 0 Å². The van der Waals surface area contributed by atoms with E-state index in [2.05, 4.69) is 0 Å². The first-order valence-corrected chi connectivity index (χ1v) is 4.37. The fourth-order valence-corrected chi connectivity index (χ4v) is 1.35. The fraction of sp³-hybridized carbons (Fsp3) is 0.400. The van der Waals surface area contributed by atoms with Gasteiger partial charge in [-0.2, -0.15) is 13.2 Å². The average Bonchev–Trinajstić information content (AvgIpc) is 2.17. The number of alkyl halides is 3. The number of hydrogen-bond acceptors (Lipinski definition) is 2. The summed E-state index contributed by atoms with van der Waals surface area (Å²) in [6.45, 7) is 0.0626. The smallest absolute Gasteiger partial charge is 0.383 e. The van der Waals surface area contributed by atoms with Gasteiger partial charge in [-0.25, -0.2) is 0 Å². The Hall–Kier alpha value is -1.07. The zero-order chi connectivity index (χ0) is 11.5. The third-order valence-electron chi connectivity index (χ3n) is 2.01. The molecule has 0 saturated carbocycles. The van der Waals surface area contributed by atoms with Crippen LogP contribution < -0.4 is 5.73 Å². The molecule has 1 rings (SSSR count). The summed E-state index contributed by atoms with van der Waals surface area (Å²) in [5.74, 6) is 0. The molecule has 0 amide bonds. The van der Waals surface area contributed by atoms with Gasteiger partial charge in [0, 0.05) is 7.11 Å². The maximum atomic E-state index is 12.6. The molecule has 1 unspecified atom stereocenters. The van der Waals surface area contributed by atoms with E-state index in [-0.39, 0.29) is 12.2 Å². The molecular weight excluding hydrogens is 207 g/mol. The second kappa shape index (κ2) is 4.63. The van der Waals surface area contributed by atoms with Crippen LogP contribution in [0.25, 0.3) is 0 Å². The van der Waals surface area contributed by atoms with E-state index < -0.39 is 17.8 Å². The first-order chi connectivity index (χ1) is 6.96. The standard InChI is InChI=1S/C10H12F3NO/c1-15-6-9(14)7-4-2-3-5-8(7)10(11,12)13/h2-5,9H,6,14H2,1H3. The predicted octanol–water partition coefficient (Wildman–Crippen LogP) is 2.35. The van der Waals surface area contributed by atoms with Crippen molar-refractivity contribution >= 4 is 0 Å². The molecule has 0 bridgehead atoms. The molecule has 0 fully saturated rings. The summed E-state index contributed by atoms with van der Waals surface area (Å²) in [6, 6.07) is 4.50. The van der Waals surface area contributed by atoms with Crippen molar-refractivity contribution in [1.29, 1.82) is 0 Å². The van der Waals surface area contributed by atoms with Crippen LogP contribution in [-0.2, 0) is 10.9 Å². The van der Waals surface area contributed by atoms with Gasteiger partial charge >= 0.3 is 6.18 Å². The van der Waals surface area contributed by atoms with Gasteiger partial charge in [-0.05, 0) is 11.6 Å². The summed E-state index contributed by atoms with van der Waals surface area (Å²) >= 11 is 0. The number of hydrogen-bond donors (Lipinski definition) is 1. The lowest BCUT2D eigenvalue weighted by molar-refractivity contribution is -0.138. The lowest BCUT2D eigenvalue weighted by Crippen LogP contribution is -2.21. The highest BCUT2D eigenvalue weighted by molar-refractivity contribution is 5.32. The molecule has 1 aromatic rings. The molecular formula is C10H12F3NO. The minimum atomic E-state index is -4.37. The Morgan fingerprint density at radius 2 is 1.93 bits per heavy atom. The molecule has 1 atom stereocenters. The molecule has 84 valence electrons. The van der Waals surface area contributed by atoms with Gasteiger partial charge in [0.2, 0.25) is 0 Å². The number of nitrogens with two attached hydrogens (primary N) is 1. The van der Waals surface area contributed by atoms with E-state index in [0.717, 1.165) is 6.07 Å². The summed E-state index contributed by atoms with van der Waals surface area (Å²) in [7, 11) is 1.40. The zero-order valence-electron chi connectivity index (χ0n) is 8.21. The van der Waals surface area contributed by atoms with Crippen molar-refractivity contribution in [3.05, 3.63) is 35.4 Å². The number of ether oxygens (including phenoxy) is 1. The molecule has 0 aliphatic heterocycles. The highest BCUT2D eigenvalue weighted by Gasteiger charge is 2.34. The molecule has 15 heavy (non-hydrogen) atoms. The molecule has 0 radical (unpaired) electrons. The number of methoxy groups -OCH3 is 1. The van der Waals surface area contributed by atoms with Crippen LogP contribution in [0.3, 0.4) is 0 Å². The van der Waals surface area contributed by atoms with E-state index in [1.54, 1.807) is 0 Å². The molecule has 0 aliphatic rings. The number of benzene rings is 1. The van der Waals surface area contributed by atoms with E-state index in [4.69, 9.17) is 10.5 Å². The van der Waals surface area contributed by atoms with Crippen LogP contribution in [0.1, 0.15) is 17.2 Å². The second-order valence-corrected chi connectivity index (χ2v) is 3.15. The van der Waals surface area contributed by atoms with Gasteiger partial charge in [0.05, 0.1) is 18.2 Å². The van der Waals surface area contributed by atoms with E-state index in [0.29, 0.717) is 0 Å². The van der Waals surface area contributed by atoms with E-state index in [1.165, 1.54) is 25.3 Å². The van der Waals surface area contributed by atoms with E-state index >= 15 is 0 Å². The molecule has 0 spiro atoms. The molecule has 5 heteroatoms. The van der Waals surface area contributed by atoms with Crippen molar-refractivity contribution in [2.45, 2.75) is 12.2 Å². The van der Waals surface area contributed by atoms with Crippen LogP contribution in [0, 0.1) is 0 Å². The molecule has 0 aliphatic carbocycles. The zero-order valence-corrected chi connectivity index (χ0v) is 8.21. The average molecular weight is 219 g/mol. The number of halogens is 3. The summed E-state index contributed by atoms with van der Waals surface area (Å²) < 4.78 is 42.4. The van der Waals surface area contributed by atoms with Crippen LogP contribution >= 0.6 is 0 Å². The predicted molar refractivity (Wildman–Crippen MR) is 50.2 cm³/mol. The minimum absolute atomic E-state index is 0.0619. The molecule has 2 nitrogen and oxygen atoms in total. The second-order valence-electron chi connectivity index (χ2n) is 3.15. The van der Waals surface area contributed by atoms with E-state index in [9.17, 15) is 13.2 Å². The van der Waals surface area contributed by atoms with Crippen LogP contribution in [0.2, 0.25) is 0 Å². The summed E-state index contributed by atoms with van der Waals surface area (Å²) in [6.07, 6.45) is -4.37. The molecule has 2 N–H and O–H groups in total. The summed E-state index contributed by atoms with van der Waals surface area (Å²) in [4.78, 5) is 0. The maximum Gasteiger partial charge on any atom is 0.416 e. The SMILES string of the molecule is COCC(N)c1ccccc1C(F)(F)F. The van der Waals surface area contributed by atoms with Gasteiger partial charge in [0.1, 0.15) is 0 Å². The molecule has 1 aromatic carbocycles. The lowest BCUT2D eigenvalue weighted by Gasteiger charge is -2.17. The van der Waals surface area contributed by atoms with Crippen molar-refractivity contribution in [3.63, 3.8) is 0 Å². The van der Waals surface area contributed by atoms with Crippen LogP contribution in [0.15, 0.2) is 24.3 Å². The van der Waals surface area contributed by atoms with Crippen molar-refractivity contribution < 1.29 is 17.9 Å². The van der Waals surface area contributed by atoms with Gasteiger partial charge in [0.25, 0.3) is 0 Å². The Morgan fingerprint density at radius 3 is 2.47 bits per heavy atom. The van der Waals surface area contributed by atoms with Crippen molar-refractivity contribution in [2.75, 3.05) is 13.7 Å². The van der Waals surface area contributed by atoms with Gasteiger partial charge in [0.15, 0.2) is 0 Å². The minimum Gasteiger partial charge on any atom is -0.383 e. The number of rotatable bonds is 3. The lowest BCUT2D eigenvalue weighted by atomic mass is 10.0. The quantitative estimate of drug-likeness (QED) is 0.846. The van der Waals surface area contributed by atoms with Crippen molar-refractivity contribution in [1.82, 2.24) is 0 Å².